The quantitative estimate of drug-likeness (QED) is 0.333. The van der Waals surface area contributed by atoms with Crippen LogP contribution >= 0.6 is 0 Å². The monoisotopic (exact) mass is 1340 g/mol. The number of hydrogen-bond acceptors (Lipinski definition) is 2. The summed E-state index contributed by atoms with van der Waals surface area (Å²) in [5.74, 6) is 0. The van der Waals surface area contributed by atoms with E-state index in [2.05, 4.69) is 0 Å². The fourth-order valence-corrected chi connectivity index (χ4v) is 105. The van der Waals surface area contributed by atoms with Crippen molar-refractivity contribution in [1.82, 2.24) is 0 Å². The van der Waals surface area contributed by atoms with Crippen LogP contribution < -0.4 is 0 Å². The third-order valence-electron chi connectivity index (χ3n) is 1.08. The molecule has 0 aromatic heterocycles. The van der Waals surface area contributed by atoms with Gasteiger partial charge in [0.25, 0.3) is 0 Å². The van der Waals surface area contributed by atoms with E-state index in [1.165, 1.54) is 17.8 Å². The van der Waals surface area contributed by atoms with E-state index in [0.29, 0.717) is 0 Å². The molecule has 0 aromatic rings. The van der Waals surface area contributed by atoms with Gasteiger partial charge >= 0.3 is 0 Å². The standard InChI is InChI=1S/S42/c1-3-5-7-9-11-13-15-17-19-21-23-25-27-29-31-33-35-37-39-41-42-40-38-36-34-32-30-28-26-24-22-20-18-16-14-12-10-8-6-4-2. The van der Waals surface area contributed by atoms with E-state index in [4.69, 9.17) is 22.4 Å². The Kier molecular flexibility index (Phi) is 61.3. The molecule has 252 valence electrons. The van der Waals surface area contributed by atoms with Crippen molar-refractivity contribution >= 4 is 378 Å². The number of rotatable bonds is 0. The second-order valence-electron chi connectivity index (χ2n) is 2.72. The van der Waals surface area contributed by atoms with Crippen molar-refractivity contribution < 1.29 is 0 Å². The van der Waals surface area contributed by atoms with E-state index in [0.717, 1.165) is 0 Å². The van der Waals surface area contributed by atoms with Crippen LogP contribution in [0.3, 0.4) is 0 Å². The summed E-state index contributed by atoms with van der Waals surface area (Å²) in [6.07, 6.45) is 0. The van der Waals surface area contributed by atoms with Gasteiger partial charge in [0, 0.05) is 378 Å². The molecular weight excluding hydrogens is 1350 g/mol. The summed E-state index contributed by atoms with van der Waals surface area (Å²) >= 11 is 9.61. The molecule has 0 aliphatic heterocycles. The molecule has 0 aliphatic carbocycles. The summed E-state index contributed by atoms with van der Waals surface area (Å²) in [4.78, 5) is 0. The van der Waals surface area contributed by atoms with Gasteiger partial charge in [0.05, 0.1) is 0 Å². The minimum Gasteiger partial charge on any atom is 0 e. The Morgan fingerprint density at radius 1 is 0.119 bits per heavy atom. The molecule has 0 atom stereocenters. The Hall–Kier alpha value is 9.24. The minimum atomic E-state index is 1.37. The highest BCUT2D eigenvalue weighted by atomic mass is 33.5. The average molecular weight is 1350 g/mol. The van der Waals surface area contributed by atoms with Crippen LogP contribution in [0, 0.1) is 0 Å². The van der Waals surface area contributed by atoms with Gasteiger partial charge in [-0.1, -0.05) is 0 Å². The van der Waals surface area contributed by atoms with Crippen molar-refractivity contribution in [2.75, 3.05) is 0 Å². The molecule has 0 saturated carbocycles. The van der Waals surface area contributed by atoms with Crippen molar-refractivity contribution in [3.63, 3.8) is 0 Å². The summed E-state index contributed by atoms with van der Waals surface area (Å²) in [5.41, 5.74) is 0. The smallest absolute Gasteiger partial charge is 0 e. The molecule has 0 aliphatic rings. The van der Waals surface area contributed by atoms with Crippen LogP contribution in [-0.2, 0) is 378 Å². The van der Waals surface area contributed by atoms with Crippen LogP contribution in [0.25, 0.3) is 0 Å². The van der Waals surface area contributed by atoms with E-state index < -0.39 is 0 Å². The Labute approximate surface area is 366 Å². The largest absolute Gasteiger partial charge is 0 e. The molecule has 42 heavy (non-hydrogen) atoms. The molecule has 0 unspecified atom stereocenters. The maximum atomic E-state index is 4.80. The molecule has 0 radical (unpaired) electrons. The lowest BCUT2D eigenvalue weighted by Crippen LogP contribution is -1.41. The predicted molar refractivity (Wildman–Crippen MR) is 309 cm³/mol. The van der Waals surface area contributed by atoms with Crippen molar-refractivity contribution in [2.24, 2.45) is 0 Å². The first-order chi connectivity index (χ1) is 20.9. The molecule has 0 nitrogen and oxygen atoms in total. The molecule has 0 N–H and O–H groups in total. The highest BCUT2D eigenvalue weighted by Crippen LogP contribution is 1.44. The van der Waals surface area contributed by atoms with E-state index in [1.807, 2.05) is 231 Å². The Bertz CT molecular complexity index is 2560. The zero-order chi connectivity index (χ0) is 30.3. The normalized spacial score (nSPS) is 7.71. The highest BCUT2D eigenvalue weighted by Gasteiger charge is 1.45. The maximum absolute atomic E-state index is 4.80. The lowest BCUT2D eigenvalue weighted by atomic mass is 30.7. The van der Waals surface area contributed by atoms with E-state index in [-0.39, 0.29) is 0 Å². The van der Waals surface area contributed by atoms with Gasteiger partial charge in [0.1, 0.15) is 0 Å². The van der Waals surface area contributed by atoms with Crippen molar-refractivity contribution in [2.45, 2.75) is 0 Å². The summed E-state index contributed by atoms with van der Waals surface area (Å²) in [6.45, 7) is 0. The summed E-state index contributed by atoms with van der Waals surface area (Å²) in [5, 5.41) is 0. The Morgan fingerprint density at radius 3 is 0.262 bits per heavy atom. The lowest BCUT2D eigenvalue weighted by Gasteiger charge is -1.41. The predicted octanol–water partition coefficient (Wildman–Crippen LogP) is -0.101. The zero-order valence-electron chi connectivity index (χ0n) is 17.1. The van der Waals surface area contributed by atoms with Gasteiger partial charge in [0.2, 0.25) is 0 Å². The van der Waals surface area contributed by atoms with Gasteiger partial charge in [-0.15, -0.1) is 0 Å². The molecule has 0 rings (SSSR count). The fraction of sp³-hybridized carbons (Fsp3) is 0. The molecule has 0 spiro atoms. The second kappa shape index (κ2) is 50.2. The lowest BCUT2D eigenvalue weighted by molar-refractivity contribution is 5.96. The van der Waals surface area contributed by atoms with Gasteiger partial charge in [-0.25, -0.2) is 0 Å². The molecule has 0 amide bonds. The highest BCUT2D eigenvalue weighted by molar-refractivity contribution is 8.81. The Morgan fingerprint density at radius 2 is 0.190 bits per heavy atom. The van der Waals surface area contributed by atoms with Crippen LogP contribution in [-0.4, -0.2) is 0 Å². The topological polar surface area (TPSA) is 0 Å². The van der Waals surface area contributed by atoms with E-state index in [9.17, 15) is 0 Å². The van der Waals surface area contributed by atoms with Crippen molar-refractivity contribution in [1.29, 1.82) is 0 Å². The van der Waals surface area contributed by atoms with E-state index in [1.54, 1.807) is 107 Å². The van der Waals surface area contributed by atoms with Crippen LogP contribution in [0.2, 0.25) is 0 Å². The maximum Gasteiger partial charge on any atom is 0 e. The summed E-state index contributed by atoms with van der Waals surface area (Å²) in [7, 11) is 71.1. The molecule has 0 heterocycles. The fourth-order valence-electron chi connectivity index (χ4n) is 0.431. The van der Waals surface area contributed by atoms with Crippen LogP contribution in [0.5, 0.6) is 0 Å². The first-order valence-electron chi connectivity index (χ1n) is 6.83. The van der Waals surface area contributed by atoms with Crippen molar-refractivity contribution in [3.05, 3.63) is 0 Å². The van der Waals surface area contributed by atoms with Crippen LogP contribution in [0.4, 0.5) is 0 Å². The SMILES string of the molecule is S=S=S=S=S=S=S=S=S=S=S=S=S=S=S=S=S=S=S=S=S=S=S=S=S=S=S=S=S=S=S=S=S=S=S=S=S=S=S=S=S=S. The first-order valence-corrected chi connectivity index (χ1v) is 61.5. The summed E-state index contributed by atoms with van der Waals surface area (Å²) < 4.78 is 0. The van der Waals surface area contributed by atoms with Gasteiger partial charge in [-0.05, 0) is 0 Å². The van der Waals surface area contributed by atoms with Gasteiger partial charge in [-0.2, -0.15) is 0 Å². The molecule has 0 fully saturated rings. The first kappa shape index (κ1) is 51.2. The molecular formula is S42. The second-order valence-corrected chi connectivity index (χ2v) is 73.5. The minimum absolute atomic E-state index is 1.37. The third-order valence-corrected chi connectivity index (χ3v) is 87.7. The van der Waals surface area contributed by atoms with Crippen LogP contribution in [0.1, 0.15) is 0 Å². The van der Waals surface area contributed by atoms with Crippen molar-refractivity contribution in [3.8, 4) is 0 Å². The Balaban J connectivity index is 6.04. The molecule has 0 bridgehead atoms. The van der Waals surface area contributed by atoms with E-state index >= 15 is 0 Å². The summed E-state index contributed by atoms with van der Waals surface area (Å²) in [6, 6.07) is 0. The van der Waals surface area contributed by atoms with Crippen LogP contribution in [0.15, 0.2) is 0 Å². The van der Waals surface area contributed by atoms with Gasteiger partial charge < -0.3 is 0 Å². The molecule has 0 aromatic carbocycles. The van der Waals surface area contributed by atoms with Gasteiger partial charge in [0.15, 0.2) is 0 Å². The molecule has 42 heteroatoms. The number of hydrogen-bond donors (Lipinski definition) is 0. The average Bonchev–Trinajstić information content (AvgIpc) is 3.00. The van der Waals surface area contributed by atoms with Gasteiger partial charge in [-0.3, -0.25) is 0 Å². The zero-order valence-corrected chi connectivity index (χ0v) is 51.4. The third kappa shape index (κ3) is 49.2. The molecule has 0 saturated heterocycles.